The third-order valence-corrected chi connectivity index (χ3v) is 7.10. The van der Waals surface area contributed by atoms with Gasteiger partial charge >= 0.3 is 0 Å². The smallest absolute Gasteiger partial charge is 0.167 e. The van der Waals surface area contributed by atoms with Crippen molar-refractivity contribution in [3.05, 3.63) is 68.8 Å². The molecule has 4 heterocycles. The number of aromatic nitrogens is 5. The number of hydrogen-bond acceptors (Lipinski definition) is 8. The highest BCUT2D eigenvalue weighted by molar-refractivity contribution is 14.1. The second-order valence-electron chi connectivity index (χ2n) is 8.40. The highest BCUT2D eigenvalue weighted by Gasteiger charge is 2.23. The maximum Gasteiger partial charge on any atom is 0.167 e. The monoisotopic (exact) mass is 649 g/mol. The molecule has 2 unspecified atom stereocenters. The number of halogens is 3. The van der Waals surface area contributed by atoms with Crippen LogP contribution in [0.25, 0.3) is 11.2 Å². The summed E-state index contributed by atoms with van der Waals surface area (Å²) in [6, 6.07) is 8.48. The van der Waals surface area contributed by atoms with E-state index in [0.29, 0.717) is 38.6 Å². The van der Waals surface area contributed by atoms with Crippen molar-refractivity contribution >= 4 is 51.2 Å². The molecule has 1 saturated heterocycles. The van der Waals surface area contributed by atoms with Gasteiger partial charge in [0.05, 0.1) is 27.6 Å². The normalized spacial score (nSPS) is 15.7. The van der Waals surface area contributed by atoms with E-state index < -0.39 is 5.82 Å². The molecule has 38 heavy (non-hydrogen) atoms. The van der Waals surface area contributed by atoms with E-state index in [1.165, 1.54) is 6.33 Å². The zero-order chi connectivity index (χ0) is 27.1. The summed E-state index contributed by atoms with van der Waals surface area (Å²) in [7, 11) is 0. The van der Waals surface area contributed by atoms with E-state index >= 15 is 0 Å². The summed E-state index contributed by atoms with van der Waals surface area (Å²) in [6.07, 6.45) is 7.89. The van der Waals surface area contributed by atoms with Gasteiger partial charge in [0, 0.05) is 18.4 Å². The summed E-state index contributed by atoms with van der Waals surface area (Å²) in [5, 5.41) is 11.6. The van der Waals surface area contributed by atoms with Crippen molar-refractivity contribution in [1.82, 2.24) is 24.5 Å². The fourth-order valence-electron chi connectivity index (χ4n) is 4.03. The van der Waals surface area contributed by atoms with E-state index in [1.807, 2.05) is 47.1 Å². The number of nitrogens with zero attached hydrogens (tertiary/aromatic N) is 6. The minimum absolute atomic E-state index is 0.0538. The molecule has 0 bridgehead atoms. The lowest BCUT2D eigenvalue weighted by molar-refractivity contribution is -0.0298. The van der Waals surface area contributed by atoms with Gasteiger partial charge in [0.2, 0.25) is 0 Å². The van der Waals surface area contributed by atoms with Crippen LogP contribution in [0, 0.1) is 20.7 Å². The van der Waals surface area contributed by atoms with Crippen molar-refractivity contribution in [2.24, 2.45) is 0 Å². The van der Waals surface area contributed by atoms with E-state index in [2.05, 4.69) is 25.3 Å². The Morgan fingerprint density at radius 1 is 1.32 bits per heavy atom. The molecule has 0 amide bonds. The molecule has 1 aliphatic rings. The minimum atomic E-state index is -0.479. The van der Waals surface area contributed by atoms with Gasteiger partial charge in [-0.3, -0.25) is 4.57 Å². The summed E-state index contributed by atoms with van der Waals surface area (Å²) in [5.74, 6) is 0.582. The van der Waals surface area contributed by atoms with Crippen LogP contribution in [0.2, 0.25) is 5.02 Å². The number of rotatable bonds is 6. The Labute approximate surface area is 238 Å². The molecule has 0 radical (unpaired) electrons. The van der Waals surface area contributed by atoms with Crippen molar-refractivity contribution < 1.29 is 13.9 Å². The lowest BCUT2D eigenvalue weighted by Crippen LogP contribution is -2.17. The predicted octanol–water partition coefficient (Wildman–Crippen LogP) is 6.45. The van der Waals surface area contributed by atoms with Gasteiger partial charge in [0.1, 0.15) is 30.1 Å². The maximum absolute atomic E-state index is 14.3. The van der Waals surface area contributed by atoms with Crippen molar-refractivity contribution in [1.29, 1.82) is 5.26 Å². The molecule has 5 rings (SSSR count). The lowest BCUT2D eigenvalue weighted by Gasteiger charge is -2.24. The van der Waals surface area contributed by atoms with Gasteiger partial charge < -0.3 is 14.8 Å². The van der Waals surface area contributed by atoms with Gasteiger partial charge in [-0.2, -0.15) is 5.26 Å². The standard InChI is InChI=1S/C20H22ClFIN5O2.C6H4N2/c1-3-29-18-12(8-13(21)15(22)16(18)23)11(2)27-19-17-20(25-9-24-19)28(10-26-17)14-6-4-5-7-30-14;7-5-6-3-1-2-4-8-6/h8-11,14H,3-7H2,1-2H3,(H,24,25,27);1-4H. The van der Waals surface area contributed by atoms with E-state index in [4.69, 9.17) is 26.3 Å². The molecule has 1 aliphatic heterocycles. The van der Waals surface area contributed by atoms with Crippen LogP contribution in [0.3, 0.4) is 0 Å². The first kappa shape index (κ1) is 27.9. The van der Waals surface area contributed by atoms with Crippen LogP contribution in [0.4, 0.5) is 10.2 Å². The van der Waals surface area contributed by atoms with E-state index in [0.717, 1.165) is 31.4 Å². The number of hydrogen-bond donors (Lipinski definition) is 1. The quantitative estimate of drug-likeness (QED) is 0.188. The fraction of sp³-hybridized carbons (Fsp3) is 0.346. The van der Waals surface area contributed by atoms with Crippen molar-refractivity contribution in [2.45, 2.75) is 45.4 Å². The molecule has 4 aromatic rings. The summed E-state index contributed by atoms with van der Waals surface area (Å²) >= 11 is 8.02. The summed E-state index contributed by atoms with van der Waals surface area (Å²) < 4.78 is 28.2. The molecule has 1 aromatic carbocycles. The molecule has 198 valence electrons. The first-order chi connectivity index (χ1) is 18.4. The van der Waals surface area contributed by atoms with Crippen LogP contribution in [-0.2, 0) is 4.74 Å². The Balaban J connectivity index is 0.000000360. The van der Waals surface area contributed by atoms with Crippen LogP contribution < -0.4 is 10.1 Å². The average molecular weight is 650 g/mol. The Bertz CT molecular complexity index is 1420. The van der Waals surface area contributed by atoms with E-state index in [1.54, 1.807) is 36.8 Å². The van der Waals surface area contributed by atoms with Crippen molar-refractivity contribution in [3.63, 3.8) is 0 Å². The maximum atomic E-state index is 14.3. The average Bonchev–Trinajstić information content (AvgIpc) is 3.40. The van der Waals surface area contributed by atoms with Gasteiger partial charge in [0.15, 0.2) is 22.8 Å². The Hall–Kier alpha value is -3.08. The number of benzene rings is 1. The Morgan fingerprint density at radius 3 is 2.82 bits per heavy atom. The van der Waals surface area contributed by atoms with E-state index in [9.17, 15) is 4.39 Å². The van der Waals surface area contributed by atoms with Gasteiger partial charge in [-0.25, -0.2) is 24.3 Å². The molecular weight excluding hydrogens is 624 g/mol. The number of imidazole rings is 1. The Kier molecular flexibility index (Phi) is 9.65. The van der Waals surface area contributed by atoms with Crippen LogP contribution >= 0.6 is 34.2 Å². The summed E-state index contributed by atoms with van der Waals surface area (Å²) in [6.45, 7) is 4.96. The molecule has 2 atom stereocenters. The molecule has 0 aliphatic carbocycles. The molecule has 12 heteroatoms. The highest BCUT2D eigenvalue weighted by Crippen LogP contribution is 2.38. The molecule has 0 saturated carbocycles. The molecule has 1 N–H and O–H groups in total. The number of nitrogens with one attached hydrogen (secondary N) is 1. The fourth-order valence-corrected chi connectivity index (χ4v) is 5.16. The van der Waals surface area contributed by atoms with Crippen molar-refractivity contribution in [3.8, 4) is 11.8 Å². The zero-order valence-corrected chi connectivity index (χ0v) is 23.8. The third kappa shape index (κ3) is 6.31. The number of fused-ring (bicyclic) bond motifs is 1. The second kappa shape index (κ2) is 13.1. The van der Waals surface area contributed by atoms with Crippen LogP contribution in [-0.4, -0.2) is 37.7 Å². The summed E-state index contributed by atoms with van der Waals surface area (Å²) in [5.41, 5.74) is 2.57. The Morgan fingerprint density at radius 2 is 2.16 bits per heavy atom. The minimum Gasteiger partial charge on any atom is -0.492 e. The molecule has 3 aromatic heterocycles. The number of nitriles is 1. The lowest BCUT2D eigenvalue weighted by atomic mass is 10.1. The third-order valence-electron chi connectivity index (χ3n) is 5.86. The molecular formula is C26H26ClFIN7O2. The largest absolute Gasteiger partial charge is 0.492 e. The van der Waals surface area contributed by atoms with Crippen LogP contribution in [0.1, 0.15) is 56.6 Å². The first-order valence-electron chi connectivity index (χ1n) is 12.1. The highest BCUT2D eigenvalue weighted by atomic mass is 127. The number of anilines is 1. The van der Waals surface area contributed by atoms with Gasteiger partial charge in [-0.15, -0.1) is 0 Å². The molecule has 0 spiro atoms. The van der Waals surface area contributed by atoms with Gasteiger partial charge in [-0.05, 0) is 73.9 Å². The van der Waals surface area contributed by atoms with Gasteiger partial charge in [-0.1, -0.05) is 17.7 Å². The van der Waals surface area contributed by atoms with E-state index in [-0.39, 0.29) is 17.3 Å². The predicted molar refractivity (Wildman–Crippen MR) is 150 cm³/mol. The second-order valence-corrected chi connectivity index (χ2v) is 9.88. The zero-order valence-electron chi connectivity index (χ0n) is 20.9. The van der Waals surface area contributed by atoms with Crippen molar-refractivity contribution in [2.75, 3.05) is 18.5 Å². The first-order valence-corrected chi connectivity index (χ1v) is 13.6. The number of pyridine rings is 1. The molecule has 1 fully saturated rings. The van der Waals surface area contributed by atoms with Crippen LogP contribution in [0.15, 0.2) is 43.1 Å². The SMILES string of the molecule is CCOc1c(C(C)Nc2ncnc3c2ncn3C2CCCCO2)cc(Cl)c(F)c1I.N#Cc1ccccn1. The summed E-state index contributed by atoms with van der Waals surface area (Å²) in [4.78, 5) is 17.1. The van der Waals surface area contributed by atoms with Gasteiger partial charge in [0.25, 0.3) is 0 Å². The topological polar surface area (TPSA) is 111 Å². The number of ether oxygens (including phenoxy) is 2. The van der Waals surface area contributed by atoms with Crippen LogP contribution in [0.5, 0.6) is 5.75 Å². The molecule has 9 nitrogen and oxygen atoms in total.